The zero-order valence-electron chi connectivity index (χ0n) is 16.9. The first-order chi connectivity index (χ1) is 15.1. The molecule has 154 valence electrons. The Morgan fingerprint density at radius 1 is 0.839 bits per heavy atom. The van der Waals surface area contributed by atoms with Crippen LogP contribution in [0.5, 0.6) is 23.0 Å². The molecule has 0 unspecified atom stereocenters. The van der Waals surface area contributed by atoms with Crippen LogP contribution in [0, 0.1) is 0 Å². The van der Waals surface area contributed by atoms with E-state index in [0.717, 1.165) is 22.3 Å². The van der Waals surface area contributed by atoms with Crippen LogP contribution in [0.3, 0.4) is 0 Å². The van der Waals surface area contributed by atoms with Crippen LogP contribution in [0.1, 0.15) is 0 Å². The number of hydrogen-bond donors (Lipinski definition) is 2. The molecule has 3 aromatic carbocycles. The predicted octanol–water partition coefficient (Wildman–Crippen LogP) is 4.64. The highest BCUT2D eigenvalue weighted by molar-refractivity contribution is 5.92. The zero-order chi connectivity index (χ0) is 21.5. The molecule has 0 aliphatic rings. The fourth-order valence-corrected chi connectivity index (χ4v) is 3.80. The van der Waals surface area contributed by atoms with E-state index in [1.54, 1.807) is 13.3 Å². The molecule has 5 aromatic rings. The van der Waals surface area contributed by atoms with Gasteiger partial charge in [-0.25, -0.2) is 9.97 Å². The van der Waals surface area contributed by atoms with Crippen molar-refractivity contribution in [2.24, 2.45) is 0 Å². The number of aromatic hydroxyl groups is 2. The molecule has 31 heavy (non-hydrogen) atoms. The SMILES string of the molecule is COc1ccc(-c2cnc3nc4ccccc4n3c2-c2c(O)cc(OC)cc2O)cc1. The molecule has 0 bridgehead atoms. The lowest BCUT2D eigenvalue weighted by Gasteiger charge is -2.16. The number of aromatic nitrogens is 3. The van der Waals surface area contributed by atoms with E-state index in [1.807, 2.05) is 52.9 Å². The van der Waals surface area contributed by atoms with Gasteiger partial charge in [-0.15, -0.1) is 0 Å². The number of rotatable bonds is 4. The fourth-order valence-electron chi connectivity index (χ4n) is 3.80. The quantitative estimate of drug-likeness (QED) is 0.446. The molecule has 5 rings (SSSR count). The van der Waals surface area contributed by atoms with Gasteiger partial charge in [-0.3, -0.25) is 4.40 Å². The molecule has 0 amide bonds. The number of nitrogens with zero attached hydrogens (tertiary/aromatic N) is 3. The standard InChI is InChI=1S/C24H19N3O4/c1-30-15-9-7-14(8-10-15)17-13-25-24-26-18-5-3-4-6-19(18)27(24)23(17)22-20(28)11-16(31-2)12-21(22)29/h3-13,28-29H,1-2H3. The molecule has 0 radical (unpaired) electrons. The van der Waals surface area contributed by atoms with E-state index in [2.05, 4.69) is 9.97 Å². The second-order valence-corrected chi connectivity index (χ2v) is 7.03. The highest BCUT2D eigenvalue weighted by Crippen LogP contribution is 2.45. The van der Waals surface area contributed by atoms with E-state index in [1.165, 1.54) is 19.2 Å². The Hall–Kier alpha value is -4.26. The monoisotopic (exact) mass is 413 g/mol. The molecule has 2 heterocycles. The lowest BCUT2D eigenvalue weighted by atomic mass is 9.98. The van der Waals surface area contributed by atoms with Gasteiger partial charge in [0.15, 0.2) is 0 Å². The first kappa shape index (κ1) is 18.7. The van der Waals surface area contributed by atoms with Crippen LogP contribution in [-0.4, -0.2) is 38.8 Å². The third-order valence-corrected chi connectivity index (χ3v) is 5.27. The summed E-state index contributed by atoms with van der Waals surface area (Å²) in [4.78, 5) is 9.15. The number of para-hydroxylation sites is 2. The number of phenolic OH excluding ortho intramolecular Hbond substituents is 2. The third kappa shape index (κ3) is 2.98. The average Bonchev–Trinajstić information content (AvgIpc) is 3.17. The van der Waals surface area contributed by atoms with Crippen molar-refractivity contribution < 1.29 is 19.7 Å². The molecule has 0 saturated carbocycles. The Balaban J connectivity index is 1.91. The summed E-state index contributed by atoms with van der Waals surface area (Å²) in [6.45, 7) is 0. The first-order valence-corrected chi connectivity index (χ1v) is 9.61. The summed E-state index contributed by atoms with van der Waals surface area (Å²) in [6.07, 6.45) is 1.70. The Kier molecular flexibility index (Phi) is 4.36. The minimum absolute atomic E-state index is 0.114. The van der Waals surface area contributed by atoms with Crippen LogP contribution >= 0.6 is 0 Å². The summed E-state index contributed by atoms with van der Waals surface area (Å²) in [5, 5.41) is 21.7. The highest BCUT2D eigenvalue weighted by atomic mass is 16.5. The largest absolute Gasteiger partial charge is 0.507 e. The summed E-state index contributed by atoms with van der Waals surface area (Å²) >= 11 is 0. The average molecular weight is 413 g/mol. The van der Waals surface area contributed by atoms with Crippen molar-refractivity contribution in [3.8, 4) is 45.4 Å². The lowest BCUT2D eigenvalue weighted by molar-refractivity contribution is 0.399. The van der Waals surface area contributed by atoms with Crippen molar-refractivity contribution in [1.29, 1.82) is 0 Å². The fraction of sp³-hybridized carbons (Fsp3) is 0.0833. The number of benzene rings is 3. The smallest absolute Gasteiger partial charge is 0.235 e. The molecular weight excluding hydrogens is 394 g/mol. The molecule has 0 aliphatic heterocycles. The van der Waals surface area contributed by atoms with E-state index >= 15 is 0 Å². The van der Waals surface area contributed by atoms with Crippen LogP contribution in [-0.2, 0) is 0 Å². The molecule has 0 spiro atoms. The van der Waals surface area contributed by atoms with Crippen LogP contribution < -0.4 is 9.47 Å². The van der Waals surface area contributed by atoms with Crippen LogP contribution in [0.4, 0.5) is 0 Å². The van der Waals surface area contributed by atoms with Crippen molar-refractivity contribution in [2.45, 2.75) is 0 Å². The molecular formula is C24H19N3O4. The van der Waals surface area contributed by atoms with Gasteiger partial charge in [-0.1, -0.05) is 24.3 Å². The maximum absolute atomic E-state index is 10.9. The lowest BCUT2D eigenvalue weighted by Crippen LogP contribution is -1.99. The summed E-state index contributed by atoms with van der Waals surface area (Å²) in [7, 11) is 3.09. The maximum Gasteiger partial charge on any atom is 0.235 e. The van der Waals surface area contributed by atoms with Crippen molar-refractivity contribution in [3.05, 3.63) is 66.9 Å². The molecule has 2 N–H and O–H groups in total. The zero-order valence-corrected chi connectivity index (χ0v) is 16.9. The van der Waals surface area contributed by atoms with Gasteiger partial charge in [-0.05, 0) is 29.8 Å². The van der Waals surface area contributed by atoms with E-state index in [9.17, 15) is 10.2 Å². The minimum atomic E-state index is -0.114. The van der Waals surface area contributed by atoms with Crippen molar-refractivity contribution in [1.82, 2.24) is 14.4 Å². The number of ether oxygens (including phenoxy) is 2. The normalized spacial score (nSPS) is 11.2. The molecule has 0 aliphatic carbocycles. The molecule has 0 fully saturated rings. The summed E-state index contributed by atoms with van der Waals surface area (Å²) in [5.74, 6) is 1.31. The van der Waals surface area contributed by atoms with Gasteiger partial charge in [0.1, 0.15) is 23.0 Å². The molecule has 7 heteroatoms. The highest BCUT2D eigenvalue weighted by Gasteiger charge is 2.22. The van der Waals surface area contributed by atoms with E-state index in [-0.39, 0.29) is 17.1 Å². The second-order valence-electron chi connectivity index (χ2n) is 7.03. The molecule has 7 nitrogen and oxygen atoms in total. The number of methoxy groups -OCH3 is 2. The van der Waals surface area contributed by atoms with Crippen molar-refractivity contribution >= 4 is 16.8 Å². The Morgan fingerprint density at radius 2 is 1.52 bits per heavy atom. The maximum atomic E-state index is 10.9. The minimum Gasteiger partial charge on any atom is -0.507 e. The number of hydrogen-bond acceptors (Lipinski definition) is 6. The van der Waals surface area contributed by atoms with Gasteiger partial charge < -0.3 is 19.7 Å². The molecule has 0 saturated heterocycles. The van der Waals surface area contributed by atoms with Gasteiger partial charge in [-0.2, -0.15) is 0 Å². The number of imidazole rings is 1. The Bertz CT molecular complexity index is 1400. The number of fused-ring (bicyclic) bond motifs is 3. The van der Waals surface area contributed by atoms with E-state index < -0.39 is 0 Å². The Morgan fingerprint density at radius 3 is 2.19 bits per heavy atom. The first-order valence-electron chi connectivity index (χ1n) is 9.61. The van der Waals surface area contributed by atoms with E-state index in [0.29, 0.717) is 22.8 Å². The summed E-state index contributed by atoms with van der Waals surface area (Å²) in [6, 6.07) is 18.1. The second kappa shape index (κ2) is 7.21. The van der Waals surface area contributed by atoms with Crippen LogP contribution in [0.2, 0.25) is 0 Å². The van der Waals surface area contributed by atoms with Crippen LogP contribution in [0.15, 0.2) is 66.9 Å². The Labute approximate surface area is 177 Å². The van der Waals surface area contributed by atoms with Crippen LogP contribution in [0.25, 0.3) is 39.2 Å². The van der Waals surface area contributed by atoms with Gasteiger partial charge in [0.25, 0.3) is 0 Å². The van der Waals surface area contributed by atoms with Crippen molar-refractivity contribution in [3.63, 3.8) is 0 Å². The van der Waals surface area contributed by atoms with E-state index in [4.69, 9.17) is 9.47 Å². The topological polar surface area (TPSA) is 89.1 Å². The third-order valence-electron chi connectivity index (χ3n) is 5.27. The van der Waals surface area contributed by atoms with Crippen molar-refractivity contribution in [2.75, 3.05) is 14.2 Å². The predicted molar refractivity (Wildman–Crippen MR) is 118 cm³/mol. The summed E-state index contributed by atoms with van der Waals surface area (Å²) in [5.41, 5.74) is 3.97. The van der Waals surface area contributed by atoms with Gasteiger partial charge in [0.05, 0.1) is 36.5 Å². The van der Waals surface area contributed by atoms with Gasteiger partial charge in [0.2, 0.25) is 5.78 Å². The summed E-state index contributed by atoms with van der Waals surface area (Å²) < 4.78 is 12.3. The van der Waals surface area contributed by atoms with Gasteiger partial charge in [0, 0.05) is 23.9 Å². The number of phenols is 2. The molecule has 2 aromatic heterocycles. The van der Waals surface area contributed by atoms with Gasteiger partial charge >= 0.3 is 0 Å². The molecule has 0 atom stereocenters.